The predicted molar refractivity (Wildman–Crippen MR) is 44.7 cm³/mol. The highest BCUT2D eigenvalue weighted by Gasteiger charge is 2.07. The smallest absolute Gasteiger partial charge is 0.267 e. The third-order valence-electron chi connectivity index (χ3n) is 1.49. The van der Waals surface area contributed by atoms with Gasteiger partial charge in [-0.25, -0.2) is 0 Å². The van der Waals surface area contributed by atoms with Crippen LogP contribution in [0.15, 0.2) is 12.3 Å². The third-order valence-corrected chi connectivity index (χ3v) is 1.49. The molecule has 1 aromatic rings. The van der Waals surface area contributed by atoms with Gasteiger partial charge in [0, 0.05) is 12.3 Å². The summed E-state index contributed by atoms with van der Waals surface area (Å²) in [6, 6.07) is 1.33. The first-order chi connectivity index (χ1) is 6.19. The molecule has 1 amide bonds. The Bertz CT molecular complexity index is 349. The van der Waals surface area contributed by atoms with Crippen molar-refractivity contribution in [2.24, 2.45) is 5.73 Å². The van der Waals surface area contributed by atoms with E-state index in [4.69, 9.17) is 10.5 Å². The summed E-state index contributed by atoms with van der Waals surface area (Å²) in [4.78, 5) is 24.8. The zero-order valence-corrected chi connectivity index (χ0v) is 6.98. The third kappa shape index (κ3) is 1.81. The molecule has 5 nitrogen and oxygen atoms in total. The molecule has 0 spiro atoms. The van der Waals surface area contributed by atoms with Crippen LogP contribution < -0.4 is 10.5 Å². The van der Waals surface area contributed by atoms with Gasteiger partial charge in [0.25, 0.3) is 5.91 Å². The Kier molecular flexibility index (Phi) is 2.59. The van der Waals surface area contributed by atoms with E-state index in [1.165, 1.54) is 19.4 Å². The summed E-state index contributed by atoms with van der Waals surface area (Å²) in [5, 5.41) is 0. The number of carbonyl (C=O) groups is 2. The molecule has 1 aromatic heterocycles. The first-order valence-electron chi connectivity index (χ1n) is 3.48. The van der Waals surface area contributed by atoms with Crippen molar-refractivity contribution in [3.05, 3.63) is 23.5 Å². The Morgan fingerprint density at radius 3 is 2.85 bits per heavy atom. The van der Waals surface area contributed by atoms with Gasteiger partial charge in [-0.1, -0.05) is 0 Å². The second kappa shape index (κ2) is 3.66. The Morgan fingerprint density at radius 2 is 2.38 bits per heavy atom. The molecule has 68 valence electrons. The molecular weight excluding hydrogens is 172 g/mol. The molecular formula is C8H8N2O3. The Balaban J connectivity index is 3.20. The minimum atomic E-state index is -0.657. The van der Waals surface area contributed by atoms with Crippen LogP contribution in [0.25, 0.3) is 0 Å². The fraction of sp³-hybridized carbons (Fsp3) is 0.125. The summed E-state index contributed by atoms with van der Waals surface area (Å²) in [6.07, 6.45) is 1.84. The van der Waals surface area contributed by atoms with E-state index < -0.39 is 5.91 Å². The number of hydrogen-bond acceptors (Lipinski definition) is 4. The minimum absolute atomic E-state index is 0.0717. The van der Waals surface area contributed by atoms with Crippen molar-refractivity contribution in [3.63, 3.8) is 0 Å². The topological polar surface area (TPSA) is 82.3 Å². The van der Waals surface area contributed by atoms with Crippen LogP contribution in [0.2, 0.25) is 0 Å². The summed E-state index contributed by atoms with van der Waals surface area (Å²) < 4.78 is 4.85. The largest absolute Gasteiger partial charge is 0.496 e. The number of carbonyl (C=O) groups excluding carboxylic acids is 2. The van der Waals surface area contributed by atoms with Crippen molar-refractivity contribution in [1.82, 2.24) is 4.98 Å². The molecule has 13 heavy (non-hydrogen) atoms. The maximum atomic E-state index is 10.7. The number of aldehydes is 1. The van der Waals surface area contributed by atoms with Crippen LogP contribution in [0.4, 0.5) is 0 Å². The predicted octanol–water partition coefficient (Wildman–Crippen LogP) is 0.00160. The summed E-state index contributed by atoms with van der Waals surface area (Å²) >= 11 is 0. The van der Waals surface area contributed by atoms with Gasteiger partial charge < -0.3 is 10.5 Å². The van der Waals surface area contributed by atoms with Crippen molar-refractivity contribution in [2.75, 3.05) is 7.11 Å². The number of nitrogens with two attached hydrogens (primary N) is 1. The second-order valence-corrected chi connectivity index (χ2v) is 2.29. The lowest BCUT2D eigenvalue weighted by molar-refractivity contribution is 0.0994. The fourth-order valence-electron chi connectivity index (χ4n) is 0.848. The number of methoxy groups -OCH3 is 1. The second-order valence-electron chi connectivity index (χ2n) is 2.29. The summed E-state index contributed by atoms with van der Waals surface area (Å²) in [5.74, 6) is -0.366. The van der Waals surface area contributed by atoms with Crippen molar-refractivity contribution in [1.29, 1.82) is 0 Å². The lowest BCUT2D eigenvalue weighted by Crippen LogP contribution is -2.13. The van der Waals surface area contributed by atoms with Gasteiger partial charge in [0.2, 0.25) is 0 Å². The Morgan fingerprint density at radius 1 is 1.69 bits per heavy atom. The summed E-state index contributed by atoms with van der Waals surface area (Å²) in [7, 11) is 1.40. The van der Waals surface area contributed by atoms with E-state index in [2.05, 4.69) is 4.98 Å². The molecule has 2 N–H and O–H groups in total. The highest BCUT2D eigenvalue weighted by atomic mass is 16.5. The van der Waals surface area contributed by atoms with Gasteiger partial charge in [0.15, 0.2) is 6.29 Å². The molecule has 0 saturated heterocycles. The van der Waals surface area contributed by atoms with Crippen molar-refractivity contribution in [3.8, 4) is 5.75 Å². The van der Waals surface area contributed by atoms with E-state index in [9.17, 15) is 9.59 Å². The number of amides is 1. The molecule has 5 heteroatoms. The molecule has 0 fully saturated rings. The summed E-state index contributed by atoms with van der Waals surface area (Å²) in [6.45, 7) is 0. The molecule has 1 rings (SSSR count). The highest BCUT2D eigenvalue weighted by molar-refractivity contribution is 5.92. The van der Waals surface area contributed by atoms with Gasteiger partial charge in [-0.05, 0) is 0 Å². The van der Waals surface area contributed by atoms with Gasteiger partial charge in [-0.3, -0.25) is 14.6 Å². The first-order valence-corrected chi connectivity index (χ1v) is 3.48. The molecule has 0 atom stereocenters. The number of ether oxygens (including phenoxy) is 1. The van der Waals surface area contributed by atoms with E-state index in [0.29, 0.717) is 12.0 Å². The zero-order valence-electron chi connectivity index (χ0n) is 6.98. The average molecular weight is 180 g/mol. The highest BCUT2D eigenvalue weighted by Crippen LogP contribution is 2.15. The monoisotopic (exact) mass is 180 g/mol. The standard InChI is InChI=1S/C8H8N2O3/c1-13-7-2-6(8(9)12)10-3-5(7)4-11/h2-4H,1H3,(H2,9,12). The molecule has 0 bridgehead atoms. The number of primary amides is 1. The molecule has 0 saturated carbocycles. The maximum absolute atomic E-state index is 10.7. The van der Waals surface area contributed by atoms with Crippen molar-refractivity contribution < 1.29 is 14.3 Å². The van der Waals surface area contributed by atoms with Crippen LogP contribution in [0.5, 0.6) is 5.75 Å². The maximum Gasteiger partial charge on any atom is 0.267 e. The van der Waals surface area contributed by atoms with Gasteiger partial charge in [-0.2, -0.15) is 0 Å². The van der Waals surface area contributed by atoms with Crippen LogP contribution in [0.3, 0.4) is 0 Å². The minimum Gasteiger partial charge on any atom is -0.496 e. The Hall–Kier alpha value is -1.91. The van der Waals surface area contributed by atoms with E-state index in [1.807, 2.05) is 0 Å². The average Bonchev–Trinajstić information content (AvgIpc) is 2.16. The number of hydrogen-bond donors (Lipinski definition) is 1. The number of rotatable bonds is 3. The molecule has 0 aromatic carbocycles. The molecule has 0 aliphatic carbocycles. The normalized spacial score (nSPS) is 9.31. The van der Waals surface area contributed by atoms with E-state index in [1.54, 1.807) is 0 Å². The lowest BCUT2D eigenvalue weighted by Gasteiger charge is -2.03. The van der Waals surface area contributed by atoms with Crippen molar-refractivity contribution in [2.45, 2.75) is 0 Å². The number of pyridine rings is 1. The van der Waals surface area contributed by atoms with Crippen LogP contribution in [0.1, 0.15) is 20.8 Å². The lowest BCUT2D eigenvalue weighted by atomic mass is 10.2. The fourth-order valence-corrected chi connectivity index (χ4v) is 0.848. The van der Waals surface area contributed by atoms with Crippen LogP contribution in [-0.2, 0) is 0 Å². The molecule has 0 unspecified atom stereocenters. The first kappa shape index (κ1) is 9.18. The zero-order chi connectivity index (χ0) is 9.84. The Labute approximate surface area is 74.5 Å². The van der Waals surface area contributed by atoms with Crippen LogP contribution >= 0.6 is 0 Å². The SMILES string of the molecule is COc1cc(C(N)=O)ncc1C=O. The van der Waals surface area contributed by atoms with Crippen LogP contribution in [-0.4, -0.2) is 24.3 Å². The van der Waals surface area contributed by atoms with E-state index >= 15 is 0 Å². The molecule has 0 aliphatic heterocycles. The number of nitrogens with zero attached hydrogens (tertiary/aromatic N) is 1. The van der Waals surface area contributed by atoms with Crippen LogP contribution in [0, 0.1) is 0 Å². The number of aromatic nitrogens is 1. The van der Waals surface area contributed by atoms with E-state index in [-0.39, 0.29) is 11.3 Å². The summed E-state index contributed by atoms with van der Waals surface area (Å²) in [5.41, 5.74) is 5.34. The van der Waals surface area contributed by atoms with E-state index in [0.717, 1.165) is 0 Å². The molecule has 1 heterocycles. The van der Waals surface area contributed by atoms with Crippen molar-refractivity contribution >= 4 is 12.2 Å². The molecule has 0 aliphatic rings. The molecule has 0 radical (unpaired) electrons. The quantitative estimate of drug-likeness (QED) is 0.664. The van der Waals surface area contributed by atoms with Gasteiger partial charge >= 0.3 is 0 Å². The van der Waals surface area contributed by atoms with Gasteiger partial charge in [0.1, 0.15) is 11.4 Å². The van der Waals surface area contributed by atoms with Gasteiger partial charge in [-0.15, -0.1) is 0 Å². The van der Waals surface area contributed by atoms with Gasteiger partial charge in [0.05, 0.1) is 12.7 Å².